The molecule has 1 aromatic carbocycles. The Morgan fingerprint density at radius 3 is 3.17 bits per heavy atom. The Kier molecular flexibility index (Phi) is 3.26. The van der Waals surface area contributed by atoms with Gasteiger partial charge in [0.05, 0.1) is 17.7 Å². The van der Waals surface area contributed by atoms with Crippen molar-refractivity contribution >= 4 is 10.9 Å². The number of hydrogen-bond donors (Lipinski definition) is 1. The van der Waals surface area contributed by atoms with E-state index in [-0.39, 0.29) is 6.10 Å². The maximum Gasteiger partial charge on any atom is 0.0815 e. The van der Waals surface area contributed by atoms with Gasteiger partial charge < -0.3 is 9.84 Å². The molecule has 1 fully saturated rings. The summed E-state index contributed by atoms with van der Waals surface area (Å²) in [6.45, 7) is 0.832. The Hall–Kier alpha value is -1.45. The number of benzene rings is 1. The van der Waals surface area contributed by atoms with E-state index in [0.717, 1.165) is 35.9 Å². The molecule has 0 bridgehead atoms. The highest BCUT2D eigenvalue weighted by atomic mass is 16.5. The Bertz CT molecular complexity index is 535. The molecule has 0 amide bonds. The van der Waals surface area contributed by atoms with Crippen LogP contribution in [-0.4, -0.2) is 22.8 Å². The molecule has 1 aliphatic heterocycles. The number of hydrogen-bond acceptors (Lipinski definition) is 3. The number of nitrogens with zero attached hydrogens (tertiary/aromatic N) is 1. The molecule has 18 heavy (non-hydrogen) atoms. The largest absolute Gasteiger partial charge is 0.388 e. The number of aliphatic hydroxyl groups excluding tert-OH is 1. The van der Waals surface area contributed by atoms with Crippen LogP contribution in [0.2, 0.25) is 0 Å². The third-order valence-electron chi connectivity index (χ3n) is 3.52. The molecule has 2 aromatic rings. The van der Waals surface area contributed by atoms with E-state index in [2.05, 4.69) is 4.98 Å². The molecule has 2 heterocycles. The van der Waals surface area contributed by atoms with Gasteiger partial charge in [0.2, 0.25) is 0 Å². The van der Waals surface area contributed by atoms with Crippen molar-refractivity contribution < 1.29 is 9.84 Å². The van der Waals surface area contributed by atoms with Crippen molar-refractivity contribution in [3.8, 4) is 0 Å². The van der Waals surface area contributed by atoms with Crippen molar-refractivity contribution in [3.05, 3.63) is 42.1 Å². The van der Waals surface area contributed by atoms with Gasteiger partial charge in [-0.2, -0.15) is 0 Å². The normalized spacial score (nSPS) is 21.3. The number of pyridine rings is 1. The van der Waals surface area contributed by atoms with Crippen LogP contribution in [0.1, 0.15) is 30.9 Å². The number of ether oxygens (including phenoxy) is 1. The van der Waals surface area contributed by atoms with Crippen LogP contribution in [0.5, 0.6) is 0 Å². The van der Waals surface area contributed by atoms with Gasteiger partial charge in [0, 0.05) is 24.6 Å². The van der Waals surface area contributed by atoms with Crippen LogP contribution < -0.4 is 0 Å². The van der Waals surface area contributed by atoms with Crippen LogP contribution in [0.3, 0.4) is 0 Å². The summed E-state index contributed by atoms with van der Waals surface area (Å²) < 4.78 is 5.56. The Morgan fingerprint density at radius 1 is 1.39 bits per heavy atom. The lowest BCUT2D eigenvalue weighted by atomic mass is 10.0. The van der Waals surface area contributed by atoms with Crippen LogP contribution in [0.25, 0.3) is 10.9 Å². The van der Waals surface area contributed by atoms with Gasteiger partial charge in [0.15, 0.2) is 0 Å². The highest BCUT2D eigenvalue weighted by molar-refractivity contribution is 5.78. The first-order valence-electron chi connectivity index (χ1n) is 6.47. The summed E-state index contributed by atoms with van der Waals surface area (Å²) in [5.41, 5.74) is 1.91. The number of rotatable bonds is 3. The minimum Gasteiger partial charge on any atom is -0.388 e. The minimum atomic E-state index is -0.447. The fraction of sp³-hybridized carbons (Fsp3) is 0.400. The van der Waals surface area contributed by atoms with Gasteiger partial charge in [0.25, 0.3) is 0 Å². The van der Waals surface area contributed by atoms with Crippen LogP contribution in [0.15, 0.2) is 36.5 Å². The van der Waals surface area contributed by atoms with E-state index in [4.69, 9.17) is 4.74 Å². The molecular formula is C15H17NO2. The first-order chi connectivity index (χ1) is 8.83. The quantitative estimate of drug-likeness (QED) is 0.901. The third-order valence-corrected chi connectivity index (χ3v) is 3.52. The lowest BCUT2D eigenvalue weighted by Crippen LogP contribution is -2.11. The van der Waals surface area contributed by atoms with Gasteiger partial charge in [0.1, 0.15) is 0 Å². The maximum absolute atomic E-state index is 10.2. The monoisotopic (exact) mass is 243 g/mol. The van der Waals surface area contributed by atoms with Crippen LogP contribution in [0, 0.1) is 0 Å². The average molecular weight is 243 g/mol. The van der Waals surface area contributed by atoms with Gasteiger partial charge in [-0.05, 0) is 36.6 Å². The number of aliphatic hydroxyl groups is 1. The highest BCUT2D eigenvalue weighted by Gasteiger charge is 2.20. The topological polar surface area (TPSA) is 42.4 Å². The van der Waals surface area contributed by atoms with Gasteiger partial charge in [-0.1, -0.05) is 12.1 Å². The standard InChI is InChI=1S/C15H17NO2/c17-15(10-13-4-2-8-18-13)12-5-6-14-11(9-12)3-1-7-16-14/h1,3,5-7,9,13,15,17H,2,4,8,10H2. The van der Waals surface area contributed by atoms with Crippen molar-refractivity contribution in [1.29, 1.82) is 0 Å². The third kappa shape index (κ3) is 2.37. The molecule has 94 valence electrons. The van der Waals surface area contributed by atoms with Gasteiger partial charge >= 0.3 is 0 Å². The lowest BCUT2D eigenvalue weighted by molar-refractivity contribution is 0.0535. The van der Waals surface area contributed by atoms with E-state index in [9.17, 15) is 5.11 Å². The fourth-order valence-corrected chi connectivity index (χ4v) is 2.52. The zero-order valence-electron chi connectivity index (χ0n) is 10.2. The molecule has 2 atom stereocenters. The maximum atomic E-state index is 10.2. The SMILES string of the molecule is OC(CC1CCCO1)c1ccc2ncccc2c1. The van der Waals surface area contributed by atoms with Crippen molar-refractivity contribution in [2.45, 2.75) is 31.5 Å². The summed E-state index contributed by atoms with van der Waals surface area (Å²) in [5, 5.41) is 11.3. The van der Waals surface area contributed by atoms with Gasteiger partial charge in [-0.25, -0.2) is 0 Å². The molecule has 2 unspecified atom stereocenters. The molecular weight excluding hydrogens is 226 g/mol. The summed E-state index contributed by atoms with van der Waals surface area (Å²) in [6.07, 6.45) is 4.41. The molecule has 1 saturated heterocycles. The highest BCUT2D eigenvalue weighted by Crippen LogP contribution is 2.26. The molecule has 1 aromatic heterocycles. The summed E-state index contributed by atoms with van der Waals surface area (Å²) in [5.74, 6) is 0. The first kappa shape index (κ1) is 11.6. The Balaban J connectivity index is 1.80. The Morgan fingerprint density at radius 2 is 2.33 bits per heavy atom. The molecule has 1 aliphatic rings. The second kappa shape index (κ2) is 5.04. The second-order valence-corrected chi connectivity index (χ2v) is 4.84. The average Bonchev–Trinajstić information content (AvgIpc) is 2.91. The summed E-state index contributed by atoms with van der Waals surface area (Å²) in [7, 11) is 0. The van der Waals surface area contributed by atoms with E-state index >= 15 is 0 Å². The van der Waals surface area contributed by atoms with Crippen molar-refractivity contribution in [2.75, 3.05) is 6.61 Å². The minimum absolute atomic E-state index is 0.213. The van der Waals surface area contributed by atoms with E-state index in [1.807, 2.05) is 30.3 Å². The van der Waals surface area contributed by atoms with Crippen LogP contribution in [-0.2, 0) is 4.74 Å². The smallest absolute Gasteiger partial charge is 0.0815 e. The number of aromatic nitrogens is 1. The number of fused-ring (bicyclic) bond motifs is 1. The zero-order chi connectivity index (χ0) is 12.4. The molecule has 1 N–H and O–H groups in total. The van der Waals surface area contributed by atoms with E-state index in [1.165, 1.54) is 0 Å². The fourth-order valence-electron chi connectivity index (χ4n) is 2.52. The second-order valence-electron chi connectivity index (χ2n) is 4.84. The molecule has 0 spiro atoms. The van der Waals surface area contributed by atoms with Gasteiger partial charge in [-0.3, -0.25) is 4.98 Å². The molecule has 3 rings (SSSR count). The molecule has 0 saturated carbocycles. The van der Waals surface area contributed by atoms with E-state index in [0.29, 0.717) is 6.42 Å². The first-order valence-corrected chi connectivity index (χ1v) is 6.47. The zero-order valence-corrected chi connectivity index (χ0v) is 10.2. The van der Waals surface area contributed by atoms with Crippen LogP contribution in [0.4, 0.5) is 0 Å². The van der Waals surface area contributed by atoms with E-state index < -0.39 is 6.10 Å². The van der Waals surface area contributed by atoms with Crippen molar-refractivity contribution in [3.63, 3.8) is 0 Å². The van der Waals surface area contributed by atoms with E-state index in [1.54, 1.807) is 6.20 Å². The molecule has 3 nitrogen and oxygen atoms in total. The van der Waals surface area contributed by atoms with Crippen LogP contribution >= 0.6 is 0 Å². The van der Waals surface area contributed by atoms with Crippen molar-refractivity contribution in [2.24, 2.45) is 0 Å². The molecule has 0 aliphatic carbocycles. The molecule has 3 heteroatoms. The predicted molar refractivity (Wildman–Crippen MR) is 70.3 cm³/mol. The lowest BCUT2D eigenvalue weighted by Gasteiger charge is -2.15. The summed E-state index contributed by atoms with van der Waals surface area (Å²) >= 11 is 0. The molecule has 0 radical (unpaired) electrons. The Labute approximate surface area is 106 Å². The predicted octanol–water partition coefficient (Wildman–Crippen LogP) is 2.84. The summed E-state index contributed by atoms with van der Waals surface area (Å²) in [6, 6.07) is 9.86. The summed E-state index contributed by atoms with van der Waals surface area (Å²) in [4.78, 5) is 4.28. The van der Waals surface area contributed by atoms with Crippen molar-refractivity contribution in [1.82, 2.24) is 4.98 Å². The van der Waals surface area contributed by atoms with Gasteiger partial charge in [-0.15, -0.1) is 0 Å².